The van der Waals surface area contributed by atoms with E-state index in [-0.39, 0.29) is 10.8 Å². The van der Waals surface area contributed by atoms with Gasteiger partial charge in [-0.1, -0.05) is 71.2 Å². The summed E-state index contributed by atoms with van der Waals surface area (Å²) in [4.78, 5) is 11.9. The van der Waals surface area contributed by atoms with Crippen molar-refractivity contribution >= 4 is 46.7 Å². The summed E-state index contributed by atoms with van der Waals surface area (Å²) in [6.07, 6.45) is 3.08. The summed E-state index contributed by atoms with van der Waals surface area (Å²) in [5.74, 6) is -0.0947. The second-order valence-electron chi connectivity index (χ2n) is 3.83. The summed E-state index contributed by atoms with van der Waals surface area (Å²) >= 11 is 17.8. The molecule has 0 N–H and O–H groups in total. The van der Waals surface area contributed by atoms with Crippen LogP contribution in [0, 0.1) is 0 Å². The summed E-state index contributed by atoms with van der Waals surface area (Å²) in [6, 6.07) is 12.3. The minimum absolute atomic E-state index is 0.0947. The topological polar surface area (TPSA) is 17.1 Å². The third-order valence-electron chi connectivity index (χ3n) is 2.54. The molecule has 0 aliphatic carbocycles. The average molecular weight is 312 g/mol. The number of carbonyl (C=O) groups is 1. The van der Waals surface area contributed by atoms with E-state index < -0.39 is 0 Å². The Hall–Kier alpha value is -1.28. The van der Waals surface area contributed by atoms with E-state index in [2.05, 4.69) is 0 Å². The molecule has 2 rings (SSSR count). The van der Waals surface area contributed by atoms with Crippen LogP contribution in [-0.2, 0) is 0 Å². The predicted octanol–water partition coefficient (Wildman–Crippen LogP) is 5.54. The molecule has 0 saturated carbocycles. The highest BCUT2D eigenvalue weighted by atomic mass is 35.5. The lowest BCUT2D eigenvalue weighted by molar-refractivity contribution is 0.104. The van der Waals surface area contributed by atoms with E-state index in [1.165, 1.54) is 6.08 Å². The van der Waals surface area contributed by atoms with Crippen LogP contribution in [0.4, 0.5) is 0 Å². The number of halogens is 3. The minimum Gasteiger partial charge on any atom is -0.289 e. The van der Waals surface area contributed by atoms with E-state index in [1.807, 2.05) is 18.2 Å². The highest BCUT2D eigenvalue weighted by Gasteiger charge is 2.07. The number of benzene rings is 2. The van der Waals surface area contributed by atoms with Crippen molar-refractivity contribution < 1.29 is 4.79 Å². The Balaban J connectivity index is 2.25. The fourth-order valence-electron chi connectivity index (χ4n) is 1.53. The summed E-state index contributed by atoms with van der Waals surface area (Å²) < 4.78 is 0. The molecule has 0 unspecified atom stereocenters. The first kappa shape index (κ1) is 14.1. The van der Waals surface area contributed by atoms with Gasteiger partial charge in [0, 0.05) is 5.56 Å². The van der Waals surface area contributed by atoms with Gasteiger partial charge in [-0.25, -0.2) is 0 Å². The molecule has 96 valence electrons. The largest absolute Gasteiger partial charge is 0.289 e. The molecule has 0 spiro atoms. The third-order valence-corrected chi connectivity index (χ3v) is 3.85. The molecule has 0 saturated heterocycles. The summed E-state index contributed by atoms with van der Waals surface area (Å²) in [6.45, 7) is 0. The third kappa shape index (κ3) is 3.38. The smallest absolute Gasteiger partial charge is 0.185 e. The fraction of sp³-hybridized carbons (Fsp3) is 0. The van der Waals surface area contributed by atoms with Crippen molar-refractivity contribution in [3.05, 3.63) is 74.7 Å². The molecule has 0 bridgehead atoms. The molecule has 0 atom stereocenters. The van der Waals surface area contributed by atoms with Crippen LogP contribution in [-0.4, -0.2) is 5.78 Å². The summed E-state index contributed by atoms with van der Waals surface area (Å²) in [7, 11) is 0. The Morgan fingerprint density at radius 1 is 0.895 bits per heavy atom. The van der Waals surface area contributed by atoms with Gasteiger partial charge in [0.05, 0.1) is 15.1 Å². The van der Waals surface area contributed by atoms with Gasteiger partial charge < -0.3 is 0 Å². The van der Waals surface area contributed by atoms with Crippen molar-refractivity contribution in [3.8, 4) is 0 Å². The lowest BCUT2D eigenvalue weighted by Crippen LogP contribution is -1.92. The van der Waals surface area contributed by atoms with Crippen molar-refractivity contribution in [2.45, 2.75) is 0 Å². The second-order valence-corrected chi connectivity index (χ2v) is 4.99. The highest BCUT2D eigenvalue weighted by molar-refractivity contribution is 6.48. The zero-order chi connectivity index (χ0) is 13.8. The number of allylic oxidation sites excluding steroid dienone is 1. The average Bonchev–Trinajstić information content (AvgIpc) is 2.45. The summed E-state index contributed by atoms with van der Waals surface area (Å²) in [5, 5.41) is 1.02. The van der Waals surface area contributed by atoms with Crippen molar-refractivity contribution in [1.29, 1.82) is 0 Å². The molecule has 1 nitrogen and oxygen atoms in total. The van der Waals surface area contributed by atoms with Gasteiger partial charge in [0.2, 0.25) is 0 Å². The second kappa shape index (κ2) is 6.25. The fourth-order valence-corrected chi connectivity index (χ4v) is 2.14. The molecule has 0 aliphatic heterocycles. The maximum absolute atomic E-state index is 11.9. The molecule has 19 heavy (non-hydrogen) atoms. The Bertz CT molecular complexity index is 633. The van der Waals surface area contributed by atoms with Crippen molar-refractivity contribution in [2.75, 3.05) is 0 Å². The number of rotatable bonds is 3. The van der Waals surface area contributed by atoms with Crippen molar-refractivity contribution in [2.24, 2.45) is 0 Å². The van der Waals surface area contributed by atoms with E-state index in [4.69, 9.17) is 34.8 Å². The minimum atomic E-state index is -0.0947. The molecule has 2 aromatic rings. The zero-order valence-corrected chi connectivity index (χ0v) is 12.0. The van der Waals surface area contributed by atoms with Gasteiger partial charge >= 0.3 is 0 Å². The van der Waals surface area contributed by atoms with Gasteiger partial charge in [-0.15, -0.1) is 0 Å². The Labute approximate surface area is 126 Å². The van der Waals surface area contributed by atoms with Crippen LogP contribution in [0.3, 0.4) is 0 Å². The Morgan fingerprint density at radius 3 is 2.26 bits per heavy atom. The predicted molar refractivity (Wildman–Crippen MR) is 81.3 cm³/mol. The molecule has 0 aromatic heterocycles. The quantitative estimate of drug-likeness (QED) is 0.413. The number of ketones is 1. The van der Waals surface area contributed by atoms with Crippen LogP contribution in [0.25, 0.3) is 6.08 Å². The molecular formula is C15H9Cl3O. The Kier molecular flexibility index (Phi) is 4.65. The van der Waals surface area contributed by atoms with E-state index in [0.717, 1.165) is 0 Å². The van der Waals surface area contributed by atoms with Gasteiger partial charge in [0.1, 0.15) is 0 Å². The first-order chi connectivity index (χ1) is 9.09. The maximum Gasteiger partial charge on any atom is 0.185 e. The van der Waals surface area contributed by atoms with Crippen LogP contribution < -0.4 is 0 Å². The molecule has 0 radical (unpaired) electrons. The van der Waals surface area contributed by atoms with Crippen molar-refractivity contribution in [3.63, 3.8) is 0 Å². The van der Waals surface area contributed by atoms with Gasteiger partial charge in [0.15, 0.2) is 5.78 Å². The van der Waals surface area contributed by atoms with Crippen LogP contribution in [0.5, 0.6) is 0 Å². The summed E-state index contributed by atoms with van der Waals surface area (Å²) in [5.41, 5.74) is 1.27. The normalized spacial score (nSPS) is 10.9. The Morgan fingerprint density at radius 2 is 1.58 bits per heavy atom. The maximum atomic E-state index is 11.9. The lowest BCUT2D eigenvalue weighted by Gasteiger charge is -2.02. The monoisotopic (exact) mass is 310 g/mol. The van der Waals surface area contributed by atoms with E-state index in [9.17, 15) is 4.79 Å². The van der Waals surface area contributed by atoms with Gasteiger partial charge in [-0.2, -0.15) is 0 Å². The molecular weight excluding hydrogens is 303 g/mol. The van der Waals surface area contributed by atoms with E-state index >= 15 is 0 Å². The van der Waals surface area contributed by atoms with Crippen LogP contribution in [0.1, 0.15) is 15.9 Å². The van der Waals surface area contributed by atoms with Crippen LogP contribution >= 0.6 is 34.8 Å². The number of carbonyl (C=O) groups excluding carboxylic acids is 1. The molecule has 0 fully saturated rings. The first-order valence-electron chi connectivity index (χ1n) is 5.50. The highest BCUT2D eigenvalue weighted by Crippen LogP contribution is 2.33. The molecule has 2 aromatic carbocycles. The van der Waals surface area contributed by atoms with E-state index in [0.29, 0.717) is 21.2 Å². The zero-order valence-electron chi connectivity index (χ0n) is 9.74. The SMILES string of the molecule is O=C(C=Cc1ccc(Cl)c(Cl)c1Cl)c1ccccc1. The molecule has 0 aliphatic rings. The molecule has 4 heteroatoms. The number of hydrogen-bond acceptors (Lipinski definition) is 1. The molecule has 0 heterocycles. The first-order valence-corrected chi connectivity index (χ1v) is 6.64. The van der Waals surface area contributed by atoms with Gasteiger partial charge in [-0.05, 0) is 23.8 Å². The van der Waals surface area contributed by atoms with Gasteiger partial charge in [-0.3, -0.25) is 4.79 Å². The van der Waals surface area contributed by atoms with Crippen molar-refractivity contribution in [1.82, 2.24) is 0 Å². The molecule has 0 amide bonds. The van der Waals surface area contributed by atoms with Crippen LogP contribution in [0.15, 0.2) is 48.5 Å². The van der Waals surface area contributed by atoms with Gasteiger partial charge in [0.25, 0.3) is 0 Å². The van der Waals surface area contributed by atoms with Crippen LogP contribution in [0.2, 0.25) is 15.1 Å². The van der Waals surface area contributed by atoms with E-state index in [1.54, 1.807) is 30.3 Å². The lowest BCUT2D eigenvalue weighted by atomic mass is 10.1. The standard InChI is InChI=1S/C15H9Cl3O/c16-12-8-6-11(14(17)15(12)18)7-9-13(19)10-4-2-1-3-5-10/h1-9H. The number of hydrogen-bond donors (Lipinski definition) is 0.